The average Bonchev–Trinajstić information content (AvgIpc) is 2.58. The molecule has 0 spiro atoms. The second-order valence-electron chi connectivity index (χ2n) is 5.39. The average molecular weight is 382 g/mol. The van der Waals surface area contributed by atoms with Crippen LogP contribution in [0.15, 0.2) is 51.8 Å². The van der Waals surface area contributed by atoms with E-state index >= 15 is 0 Å². The topological polar surface area (TPSA) is 189 Å². The zero-order chi connectivity index (χ0) is 19.4. The number of hydrogen-bond donors (Lipinski definition) is 7. The number of amides is 1. The first kappa shape index (κ1) is 19.2. The van der Waals surface area contributed by atoms with Crippen molar-refractivity contribution in [3.05, 3.63) is 52.3 Å². The molecule has 1 atom stereocenters. The van der Waals surface area contributed by atoms with E-state index in [9.17, 15) is 15.0 Å². The third kappa shape index (κ3) is 3.92. The predicted molar refractivity (Wildman–Crippen MR) is 96.6 cm³/mol. The van der Waals surface area contributed by atoms with Crippen molar-refractivity contribution in [3.8, 4) is 5.75 Å². The number of benzene rings is 1. The molecule has 10 nitrogen and oxygen atoms in total. The Morgan fingerprint density at radius 1 is 1.23 bits per heavy atom. The second kappa shape index (κ2) is 7.85. The SMILES string of the molecule is NC(=O)C1=C(N)N(C(N)=NC(CCO)c2ccc(O)cc2)C(N)=C(Cl)N1. The first-order chi connectivity index (χ1) is 12.3. The lowest BCUT2D eigenvalue weighted by molar-refractivity contribution is -0.115. The normalized spacial score (nSPS) is 16.5. The molecule has 26 heavy (non-hydrogen) atoms. The van der Waals surface area contributed by atoms with Gasteiger partial charge in [-0.3, -0.25) is 4.79 Å². The summed E-state index contributed by atoms with van der Waals surface area (Å²) in [6, 6.07) is 5.71. The molecule has 0 fully saturated rings. The summed E-state index contributed by atoms with van der Waals surface area (Å²) in [6.45, 7) is -0.159. The van der Waals surface area contributed by atoms with Crippen molar-refractivity contribution < 1.29 is 15.0 Å². The van der Waals surface area contributed by atoms with Crippen LogP contribution in [0.5, 0.6) is 5.75 Å². The smallest absolute Gasteiger partial charge is 0.268 e. The van der Waals surface area contributed by atoms with Crippen LogP contribution in [0, 0.1) is 0 Å². The summed E-state index contributed by atoms with van der Waals surface area (Å²) < 4.78 is 0. The number of nitrogens with one attached hydrogen (secondary N) is 1. The van der Waals surface area contributed by atoms with E-state index in [0.29, 0.717) is 5.56 Å². The highest BCUT2D eigenvalue weighted by Gasteiger charge is 2.29. The highest BCUT2D eigenvalue weighted by molar-refractivity contribution is 6.30. The van der Waals surface area contributed by atoms with Crippen LogP contribution in [0.25, 0.3) is 0 Å². The van der Waals surface area contributed by atoms with Gasteiger partial charge < -0.3 is 38.5 Å². The molecular formula is C15H20ClN7O3. The zero-order valence-electron chi connectivity index (χ0n) is 13.7. The number of phenols is 1. The lowest BCUT2D eigenvalue weighted by Crippen LogP contribution is -2.49. The van der Waals surface area contributed by atoms with Gasteiger partial charge in [0, 0.05) is 6.61 Å². The molecule has 1 aromatic carbocycles. The third-order valence-electron chi connectivity index (χ3n) is 3.64. The van der Waals surface area contributed by atoms with Crippen LogP contribution in [0.4, 0.5) is 0 Å². The summed E-state index contributed by atoms with van der Waals surface area (Å²) in [5.74, 6) is -1.13. The number of nitrogens with zero attached hydrogens (tertiary/aromatic N) is 2. The van der Waals surface area contributed by atoms with Gasteiger partial charge in [0.25, 0.3) is 5.91 Å². The molecule has 1 aliphatic rings. The van der Waals surface area contributed by atoms with Crippen molar-refractivity contribution in [2.24, 2.45) is 27.9 Å². The number of guanidine groups is 1. The van der Waals surface area contributed by atoms with Gasteiger partial charge in [0.1, 0.15) is 28.2 Å². The Kier molecular flexibility index (Phi) is 5.80. The highest BCUT2D eigenvalue weighted by atomic mass is 35.5. The first-order valence-electron chi connectivity index (χ1n) is 7.51. The maximum atomic E-state index is 11.5. The minimum absolute atomic E-state index is 0.0659. The van der Waals surface area contributed by atoms with E-state index in [1.165, 1.54) is 12.1 Å². The number of aromatic hydroxyl groups is 1. The Morgan fingerprint density at radius 2 is 1.85 bits per heavy atom. The van der Waals surface area contributed by atoms with E-state index in [2.05, 4.69) is 10.3 Å². The second-order valence-corrected chi connectivity index (χ2v) is 5.77. The van der Waals surface area contributed by atoms with Gasteiger partial charge in [-0.25, -0.2) is 9.89 Å². The maximum absolute atomic E-state index is 11.5. The van der Waals surface area contributed by atoms with Gasteiger partial charge >= 0.3 is 0 Å². The number of carbonyl (C=O) groups is 1. The van der Waals surface area contributed by atoms with E-state index in [1.807, 2.05) is 0 Å². The fourth-order valence-corrected chi connectivity index (χ4v) is 2.53. The molecule has 140 valence electrons. The van der Waals surface area contributed by atoms with Crippen LogP contribution in [0.2, 0.25) is 0 Å². The molecule has 0 bridgehead atoms. The molecule has 1 aliphatic heterocycles. The zero-order valence-corrected chi connectivity index (χ0v) is 14.4. The van der Waals surface area contributed by atoms with Crippen molar-refractivity contribution in [1.29, 1.82) is 0 Å². The summed E-state index contributed by atoms with van der Waals surface area (Å²) in [5, 5.41) is 21.1. The summed E-state index contributed by atoms with van der Waals surface area (Å²) in [7, 11) is 0. The van der Waals surface area contributed by atoms with Crippen molar-refractivity contribution in [1.82, 2.24) is 10.2 Å². The number of halogens is 1. The Balaban J connectivity index is 2.44. The van der Waals surface area contributed by atoms with Crippen molar-refractivity contribution >= 4 is 23.5 Å². The molecule has 0 aromatic heterocycles. The van der Waals surface area contributed by atoms with Crippen molar-refractivity contribution in [3.63, 3.8) is 0 Å². The third-order valence-corrected chi connectivity index (χ3v) is 3.93. The number of nitrogens with two attached hydrogens (primary N) is 4. The van der Waals surface area contributed by atoms with E-state index in [4.69, 9.17) is 34.5 Å². The minimum atomic E-state index is -0.851. The number of rotatable bonds is 5. The number of aliphatic imine (C=N–C) groups is 1. The van der Waals surface area contributed by atoms with Crippen LogP contribution in [0.3, 0.4) is 0 Å². The van der Waals surface area contributed by atoms with E-state index in [1.54, 1.807) is 12.1 Å². The molecule has 1 heterocycles. The number of carbonyl (C=O) groups excluding carboxylic acids is 1. The first-order valence-corrected chi connectivity index (χ1v) is 7.89. The summed E-state index contributed by atoms with van der Waals surface area (Å²) in [5.41, 5.74) is 23.6. The van der Waals surface area contributed by atoms with Crippen LogP contribution < -0.4 is 28.3 Å². The molecule has 11 heteroatoms. The fourth-order valence-electron chi connectivity index (χ4n) is 2.35. The maximum Gasteiger partial charge on any atom is 0.268 e. The van der Waals surface area contributed by atoms with Crippen molar-refractivity contribution in [2.75, 3.05) is 6.61 Å². The largest absolute Gasteiger partial charge is 0.508 e. The van der Waals surface area contributed by atoms with E-state index in [0.717, 1.165) is 4.90 Å². The van der Waals surface area contributed by atoms with Crippen molar-refractivity contribution in [2.45, 2.75) is 12.5 Å². The lowest BCUT2D eigenvalue weighted by atomic mass is 10.0. The Morgan fingerprint density at radius 3 is 2.38 bits per heavy atom. The molecule has 1 amide bonds. The molecular weight excluding hydrogens is 362 g/mol. The van der Waals surface area contributed by atoms with Gasteiger partial charge in [0.05, 0.1) is 6.04 Å². The molecule has 1 aromatic rings. The molecule has 0 radical (unpaired) electrons. The van der Waals surface area contributed by atoms with Gasteiger partial charge in [-0.05, 0) is 24.1 Å². The quantitative estimate of drug-likeness (QED) is 0.191. The Bertz CT molecular complexity index is 789. The molecule has 0 saturated heterocycles. The van der Waals surface area contributed by atoms with Gasteiger partial charge in [-0.15, -0.1) is 0 Å². The number of hydrogen-bond acceptors (Lipinski definition) is 7. The summed E-state index contributed by atoms with van der Waals surface area (Å²) >= 11 is 5.97. The standard InChI is InChI=1S/C15H20ClN7O3/c16-11-13(18)23(12(17)10(22-11)14(19)26)15(20)21-9(5-6-24)7-1-3-8(25)4-2-7/h1-4,9,22,24-25H,5-6,17-18H2,(H2,19,26)(H2,20,21). The van der Waals surface area contributed by atoms with Crippen LogP contribution in [-0.2, 0) is 4.79 Å². The van der Waals surface area contributed by atoms with E-state index < -0.39 is 11.9 Å². The minimum Gasteiger partial charge on any atom is -0.508 e. The molecule has 0 aliphatic carbocycles. The molecule has 1 unspecified atom stereocenters. The monoisotopic (exact) mass is 381 g/mol. The van der Waals surface area contributed by atoms with Gasteiger partial charge in [0.2, 0.25) is 5.96 Å². The number of phenolic OH excluding ortho intramolecular Hbond substituents is 1. The van der Waals surface area contributed by atoms with Crippen LogP contribution >= 0.6 is 11.6 Å². The number of primary amides is 1. The summed E-state index contributed by atoms with van der Waals surface area (Å²) in [4.78, 5) is 16.9. The van der Waals surface area contributed by atoms with Crippen LogP contribution in [-0.4, -0.2) is 33.6 Å². The Labute approximate surface area is 154 Å². The fraction of sp³-hybridized carbons (Fsp3) is 0.200. The molecule has 0 saturated carbocycles. The Hall–Kier alpha value is -3.11. The molecule has 11 N–H and O–H groups in total. The van der Waals surface area contributed by atoms with E-state index in [-0.39, 0.29) is 47.2 Å². The van der Waals surface area contributed by atoms with Gasteiger partial charge in [-0.2, -0.15) is 0 Å². The number of aliphatic hydroxyl groups excluding tert-OH is 1. The predicted octanol–water partition coefficient (Wildman–Crippen LogP) is -1.03. The van der Waals surface area contributed by atoms with Crippen LogP contribution in [0.1, 0.15) is 18.0 Å². The van der Waals surface area contributed by atoms with Gasteiger partial charge in [-0.1, -0.05) is 23.7 Å². The number of aliphatic hydroxyl groups is 1. The lowest BCUT2D eigenvalue weighted by Gasteiger charge is -2.31. The highest BCUT2D eigenvalue weighted by Crippen LogP contribution is 2.25. The summed E-state index contributed by atoms with van der Waals surface area (Å²) in [6.07, 6.45) is 0.251. The molecule has 2 rings (SSSR count). The van der Waals surface area contributed by atoms with Gasteiger partial charge in [0.15, 0.2) is 0 Å².